The molecular weight excluding hydrogens is 382 g/mol. The summed E-state index contributed by atoms with van der Waals surface area (Å²) in [6.07, 6.45) is 7.00. The molecule has 0 unspecified atom stereocenters. The Balaban J connectivity index is 1.95. The van der Waals surface area contributed by atoms with Crippen LogP contribution in [-0.2, 0) is 14.9 Å². The lowest BCUT2D eigenvalue weighted by atomic mass is 9.69. The molecule has 0 radical (unpaired) electrons. The van der Waals surface area contributed by atoms with Crippen LogP contribution >= 0.6 is 0 Å². The Labute approximate surface area is 181 Å². The highest BCUT2D eigenvalue weighted by Crippen LogP contribution is 2.42. The Hall–Kier alpha value is -1.99. The maximum Gasteiger partial charge on any atom is 0.191 e. The fourth-order valence-corrected chi connectivity index (χ4v) is 4.06. The molecular formula is C23H39N3O4. The molecule has 2 N–H and O–H groups in total. The van der Waals surface area contributed by atoms with Crippen molar-refractivity contribution in [3.8, 4) is 11.5 Å². The van der Waals surface area contributed by atoms with Gasteiger partial charge in [0.05, 0.1) is 27.4 Å². The molecule has 0 aromatic heterocycles. The molecule has 2 rings (SSSR count). The third kappa shape index (κ3) is 7.06. The third-order valence-electron chi connectivity index (χ3n) is 5.81. The lowest BCUT2D eigenvalue weighted by Gasteiger charge is -2.38. The predicted octanol–water partition coefficient (Wildman–Crippen LogP) is 3.12. The van der Waals surface area contributed by atoms with E-state index >= 15 is 0 Å². The topological polar surface area (TPSA) is 73.3 Å². The van der Waals surface area contributed by atoms with Crippen LogP contribution in [0.2, 0.25) is 0 Å². The fourth-order valence-electron chi connectivity index (χ4n) is 4.06. The van der Waals surface area contributed by atoms with Crippen molar-refractivity contribution in [3.63, 3.8) is 0 Å². The van der Waals surface area contributed by atoms with Crippen LogP contribution in [-0.4, -0.2) is 67.2 Å². The van der Waals surface area contributed by atoms with Crippen LogP contribution in [0.5, 0.6) is 11.5 Å². The molecule has 0 aliphatic heterocycles. The van der Waals surface area contributed by atoms with E-state index in [4.69, 9.17) is 18.9 Å². The van der Waals surface area contributed by atoms with Gasteiger partial charge in [-0.05, 0) is 37.0 Å². The summed E-state index contributed by atoms with van der Waals surface area (Å²) in [5, 5.41) is 6.95. The molecule has 170 valence electrons. The summed E-state index contributed by atoms with van der Waals surface area (Å²) in [4.78, 5) is 4.39. The van der Waals surface area contributed by atoms with Crippen LogP contribution in [0.1, 0.15) is 44.1 Å². The molecule has 1 saturated carbocycles. The second kappa shape index (κ2) is 13.3. The van der Waals surface area contributed by atoms with Gasteiger partial charge in [-0.15, -0.1) is 0 Å². The van der Waals surface area contributed by atoms with Gasteiger partial charge in [-0.3, -0.25) is 4.99 Å². The van der Waals surface area contributed by atoms with Gasteiger partial charge in [-0.25, -0.2) is 0 Å². The van der Waals surface area contributed by atoms with E-state index in [0.717, 1.165) is 49.8 Å². The van der Waals surface area contributed by atoms with Crippen molar-refractivity contribution in [2.75, 3.05) is 61.3 Å². The van der Waals surface area contributed by atoms with E-state index in [9.17, 15) is 0 Å². The molecule has 1 aromatic rings. The van der Waals surface area contributed by atoms with Crippen molar-refractivity contribution in [3.05, 3.63) is 23.8 Å². The Morgan fingerprint density at radius 1 is 0.967 bits per heavy atom. The molecule has 7 heteroatoms. The number of hydrogen-bond donors (Lipinski definition) is 2. The Morgan fingerprint density at radius 3 is 2.40 bits per heavy atom. The van der Waals surface area contributed by atoms with Gasteiger partial charge in [-0.1, -0.05) is 25.3 Å². The number of ether oxygens (including phenoxy) is 4. The van der Waals surface area contributed by atoms with E-state index in [1.54, 1.807) is 21.3 Å². The van der Waals surface area contributed by atoms with Gasteiger partial charge in [0.1, 0.15) is 0 Å². The zero-order valence-corrected chi connectivity index (χ0v) is 19.1. The van der Waals surface area contributed by atoms with E-state index in [1.165, 1.54) is 24.8 Å². The molecule has 7 nitrogen and oxygen atoms in total. The minimum absolute atomic E-state index is 0.0681. The first kappa shape index (κ1) is 24.3. The second-order valence-corrected chi connectivity index (χ2v) is 7.72. The Bertz CT molecular complexity index is 645. The SMILES string of the molecule is CN=C(NCCCOCCOC)NCC1(c2ccc(OC)c(OC)c2)CCCCC1. The van der Waals surface area contributed by atoms with Crippen LogP contribution < -0.4 is 20.1 Å². The summed E-state index contributed by atoms with van der Waals surface area (Å²) < 4.78 is 21.5. The lowest BCUT2D eigenvalue weighted by Crippen LogP contribution is -2.46. The standard InChI is InChI=1S/C23H39N3O4/c1-24-22(25-13-8-14-30-16-15-27-2)26-18-23(11-6-5-7-12-23)19-9-10-20(28-3)21(17-19)29-4/h9-10,17H,5-8,11-16,18H2,1-4H3,(H2,24,25,26). The molecule has 0 spiro atoms. The number of aliphatic imine (C=N–C) groups is 1. The van der Waals surface area contributed by atoms with Gasteiger partial charge >= 0.3 is 0 Å². The number of nitrogens with one attached hydrogen (secondary N) is 2. The predicted molar refractivity (Wildman–Crippen MR) is 121 cm³/mol. The quantitative estimate of drug-likeness (QED) is 0.307. The summed E-state index contributed by atoms with van der Waals surface area (Å²) in [6.45, 7) is 3.64. The minimum Gasteiger partial charge on any atom is -0.493 e. The van der Waals surface area contributed by atoms with Gasteiger partial charge in [0.15, 0.2) is 17.5 Å². The molecule has 0 saturated heterocycles. The third-order valence-corrected chi connectivity index (χ3v) is 5.81. The average molecular weight is 422 g/mol. The number of rotatable bonds is 12. The number of hydrogen-bond acceptors (Lipinski definition) is 5. The van der Waals surface area contributed by atoms with Crippen molar-refractivity contribution in [1.29, 1.82) is 0 Å². The van der Waals surface area contributed by atoms with Crippen LogP contribution in [0, 0.1) is 0 Å². The lowest BCUT2D eigenvalue weighted by molar-refractivity contribution is 0.0698. The zero-order valence-electron chi connectivity index (χ0n) is 19.1. The first-order valence-electron chi connectivity index (χ1n) is 10.9. The van der Waals surface area contributed by atoms with Gasteiger partial charge in [0, 0.05) is 39.3 Å². The van der Waals surface area contributed by atoms with E-state index in [2.05, 4.69) is 27.8 Å². The summed E-state index contributed by atoms with van der Waals surface area (Å²) >= 11 is 0. The number of benzene rings is 1. The van der Waals surface area contributed by atoms with Crippen molar-refractivity contribution in [2.45, 2.75) is 43.9 Å². The fraction of sp³-hybridized carbons (Fsp3) is 0.696. The molecule has 1 aliphatic rings. The smallest absolute Gasteiger partial charge is 0.191 e. The van der Waals surface area contributed by atoms with Gasteiger partial charge in [0.25, 0.3) is 0 Å². The molecule has 0 bridgehead atoms. The van der Waals surface area contributed by atoms with E-state index in [1.807, 2.05) is 13.1 Å². The summed E-state index contributed by atoms with van der Waals surface area (Å²) in [7, 11) is 6.86. The molecule has 0 amide bonds. The van der Waals surface area contributed by atoms with Crippen LogP contribution in [0.25, 0.3) is 0 Å². The number of nitrogens with zero attached hydrogens (tertiary/aromatic N) is 1. The maximum atomic E-state index is 5.56. The van der Waals surface area contributed by atoms with Crippen LogP contribution in [0.15, 0.2) is 23.2 Å². The van der Waals surface area contributed by atoms with Gasteiger partial charge in [-0.2, -0.15) is 0 Å². The Morgan fingerprint density at radius 2 is 1.73 bits per heavy atom. The molecule has 0 atom stereocenters. The van der Waals surface area contributed by atoms with Gasteiger partial charge in [0.2, 0.25) is 0 Å². The molecule has 1 aromatic carbocycles. The molecule has 0 heterocycles. The normalized spacial score (nSPS) is 16.2. The maximum absolute atomic E-state index is 5.56. The Kier molecular flexibility index (Phi) is 10.8. The van der Waals surface area contributed by atoms with Crippen LogP contribution in [0.4, 0.5) is 0 Å². The zero-order chi connectivity index (χ0) is 21.7. The van der Waals surface area contributed by atoms with E-state index in [-0.39, 0.29) is 5.41 Å². The summed E-state index contributed by atoms with van der Waals surface area (Å²) in [5.74, 6) is 2.39. The van der Waals surface area contributed by atoms with Crippen molar-refractivity contribution in [2.24, 2.45) is 4.99 Å². The molecule has 1 aliphatic carbocycles. The number of methoxy groups -OCH3 is 3. The van der Waals surface area contributed by atoms with E-state index in [0.29, 0.717) is 19.8 Å². The summed E-state index contributed by atoms with van der Waals surface area (Å²) in [6, 6.07) is 6.34. The second-order valence-electron chi connectivity index (χ2n) is 7.72. The summed E-state index contributed by atoms with van der Waals surface area (Å²) in [5.41, 5.74) is 1.37. The average Bonchev–Trinajstić information content (AvgIpc) is 2.80. The van der Waals surface area contributed by atoms with Crippen LogP contribution in [0.3, 0.4) is 0 Å². The monoisotopic (exact) mass is 421 g/mol. The van der Waals surface area contributed by atoms with Crippen molar-refractivity contribution in [1.82, 2.24) is 10.6 Å². The molecule has 30 heavy (non-hydrogen) atoms. The van der Waals surface area contributed by atoms with Crippen molar-refractivity contribution >= 4 is 5.96 Å². The first-order valence-corrected chi connectivity index (χ1v) is 10.9. The highest BCUT2D eigenvalue weighted by Gasteiger charge is 2.34. The van der Waals surface area contributed by atoms with E-state index < -0.39 is 0 Å². The van der Waals surface area contributed by atoms with Crippen molar-refractivity contribution < 1.29 is 18.9 Å². The largest absolute Gasteiger partial charge is 0.493 e. The number of guanidine groups is 1. The highest BCUT2D eigenvalue weighted by atomic mass is 16.5. The minimum atomic E-state index is 0.0681. The van der Waals surface area contributed by atoms with Gasteiger partial charge < -0.3 is 29.6 Å². The highest BCUT2D eigenvalue weighted by molar-refractivity contribution is 5.79. The first-order chi connectivity index (χ1) is 14.7. The molecule has 1 fully saturated rings.